The van der Waals surface area contributed by atoms with Crippen LogP contribution in [0.5, 0.6) is 0 Å². The van der Waals surface area contributed by atoms with Gasteiger partial charge in [-0.25, -0.2) is 13.1 Å². The monoisotopic (exact) mass is 394 g/mol. The molecule has 0 amide bonds. The number of piperidine rings is 1. The number of aliphatic hydroxyl groups excluding tert-OH is 1. The fourth-order valence-electron chi connectivity index (χ4n) is 3.91. The summed E-state index contributed by atoms with van der Waals surface area (Å²) < 4.78 is 28.4. The number of hydrogen-bond acceptors (Lipinski definition) is 5. The maximum absolute atomic E-state index is 12.8. The maximum Gasteiger partial charge on any atom is 0.240 e. The van der Waals surface area contributed by atoms with E-state index in [1.807, 2.05) is 4.90 Å². The zero-order chi connectivity index (χ0) is 19.3. The normalized spacial score (nSPS) is 23.5. The van der Waals surface area contributed by atoms with Gasteiger partial charge in [-0.05, 0) is 43.5 Å². The van der Waals surface area contributed by atoms with E-state index >= 15 is 0 Å². The van der Waals surface area contributed by atoms with Crippen molar-refractivity contribution >= 4 is 21.5 Å². The third-order valence-electron chi connectivity index (χ3n) is 5.58. The first-order chi connectivity index (χ1) is 13.0. The molecule has 1 aliphatic heterocycles. The summed E-state index contributed by atoms with van der Waals surface area (Å²) in [6.07, 6.45) is 8.31. The minimum atomic E-state index is -3.54. The van der Waals surface area contributed by atoms with Gasteiger partial charge in [0.2, 0.25) is 10.0 Å². The number of anilines is 1. The van der Waals surface area contributed by atoms with Crippen molar-refractivity contribution in [2.24, 2.45) is 0 Å². The van der Waals surface area contributed by atoms with Crippen molar-refractivity contribution in [1.82, 2.24) is 4.72 Å². The van der Waals surface area contributed by atoms with E-state index in [2.05, 4.69) is 4.72 Å². The summed E-state index contributed by atoms with van der Waals surface area (Å²) in [7, 11) is -3.54. The van der Waals surface area contributed by atoms with Crippen LogP contribution in [0.1, 0.15) is 57.8 Å². The number of nitrogens with one attached hydrogen (secondary N) is 1. The van der Waals surface area contributed by atoms with Gasteiger partial charge in [0, 0.05) is 18.3 Å². The minimum Gasteiger partial charge on any atom is -0.385 e. The Morgan fingerprint density at radius 1 is 0.926 bits per heavy atom. The molecule has 1 atom stereocenters. The summed E-state index contributed by atoms with van der Waals surface area (Å²) in [5, 5.41) is 9.54. The van der Waals surface area contributed by atoms with Crippen molar-refractivity contribution in [3.8, 4) is 0 Å². The van der Waals surface area contributed by atoms with Gasteiger partial charge in [-0.15, -0.1) is 0 Å². The lowest BCUT2D eigenvalue weighted by atomic mass is 10.1. The molecule has 0 bridgehead atoms. The molecule has 1 saturated heterocycles. The highest BCUT2D eigenvalue weighted by Gasteiger charge is 2.26. The number of aliphatic hydroxyl groups is 1. The van der Waals surface area contributed by atoms with E-state index in [0.29, 0.717) is 13.0 Å². The fraction of sp³-hybridized carbons (Fsp3) is 0.650. The first-order valence-corrected chi connectivity index (χ1v) is 11.5. The van der Waals surface area contributed by atoms with Crippen LogP contribution in [-0.2, 0) is 14.8 Å². The van der Waals surface area contributed by atoms with E-state index in [1.54, 1.807) is 24.3 Å². The van der Waals surface area contributed by atoms with Crippen LogP contribution in [0.2, 0.25) is 0 Å². The third kappa shape index (κ3) is 5.53. The second kappa shape index (κ2) is 9.17. The third-order valence-corrected chi connectivity index (χ3v) is 7.12. The molecular formula is C20H30N2O4S. The zero-order valence-corrected chi connectivity index (χ0v) is 16.6. The first-order valence-electron chi connectivity index (χ1n) is 10.0. The molecule has 2 N–H and O–H groups in total. The summed E-state index contributed by atoms with van der Waals surface area (Å²) >= 11 is 0. The zero-order valence-electron chi connectivity index (χ0n) is 15.8. The topological polar surface area (TPSA) is 86.7 Å². The Labute approximate surface area is 162 Å². The number of carbonyl (C=O) groups is 1. The average Bonchev–Trinajstić information content (AvgIpc) is 2.78. The molecule has 1 aromatic rings. The standard InChI is InChI=1S/C20H30N2O4S/c23-19-13-14-22(15-20(19)24)17-9-11-18(12-10-17)27(25,26)21-16-7-5-3-1-2-4-6-8-16/h9-12,16,19,21,23H,1-8,13-15H2. The number of Topliss-reactive ketones (excluding diaryl/α,β-unsaturated/α-hetero) is 1. The Bertz CT molecular complexity index is 723. The number of carbonyl (C=O) groups excluding carboxylic acids is 1. The van der Waals surface area contributed by atoms with Crippen LogP contribution in [-0.4, -0.2) is 44.5 Å². The molecule has 3 rings (SSSR count). The lowest BCUT2D eigenvalue weighted by Gasteiger charge is -2.30. The second-order valence-corrected chi connectivity index (χ2v) is 9.42. The Kier molecular flexibility index (Phi) is 6.89. The SMILES string of the molecule is O=C1CN(c2ccc(S(=O)(=O)NC3CCCCCCCC3)cc2)CCC1O. The lowest BCUT2D eigenvalue weighted by Crippen LogP contribution is -2.43. The van der Waals surface area contributed by atoms with E-state index in [9.17, 15) is 18.3 Å². The smallest absolute Gasteiger partial charge is 0.240 e. The molecule has 0 aromatic heterocycles. The predicted octanol–water partition coefficient (Wildman–Crippen LogP) is 2.61. The minimum absolute atomic E-state index is 0.00831. The van der Waals surface area contributed by atoms with E-state index in [0.717, 1.165) is 31.4 Å². The van der Waals surface area contributed by atoms with Crippen LogP contribution in [0.25, 0.3) is 0 Å². The van der Waals surface area contributed by atoms with Gasteiger partial charge in [-0.2, -0.15) is 0 Å². The van der Waals surface area contributed by atoms with Crippen LogP contribution >= 0.6 is 0 Å². The first kappa shape index (κ1) is 20.3. The number of hydrogen-bond donors (Lipinski definition) is 2. The molecule has 2 fully saturated rings. The van der Waals surface area contributed by atoms with E-state index in [4.69, 9.17) is 0 Å². The lowest BCUT2D eigenvalue weighted by molar-refractivity contribution is -0.127. The van der Waals surface area contributed by atoms with Crippen molar-refractivity contribution in [2.45, 2.75) is 74.8 Å². The van der Waals surface area contributed by atoms with E-state index in [-0.39, 0.29) is 23.3 Å². The quantitative estimate of drug-likeness (QED) is 0.820. The summed E-state index contributed by atoms with van der Waals surface area (Å²) in [6, 6.07) is 6.68. The van der Waals surface area contributed by atoms with Gasteiger partial charge in [0.1, 0.15) is 6.10 Å². The highest BCUT2D eigenvalue weighted by molar-refractivity contribution is 7.89. The molecule has 2 aliphatic rings. The fourth-order valence-corrected chi connectivity index (χ4v) is 5.21. The predicted molar refractivity (Wildman–Crippen MR) is 105 cm³/mol. The highest BCUT2D eigenvalue weighted by Crippen LogP contribution is 2.23. The highest BCUT2D eigenvalue weighted by atomic mass is 32.2. The molecular weight excluding hydrogens is 364 g/mol. The van der Waals surface area contributed by atoms with Gasteiger partial charge < -0.3 is 10.0 Å². The molecule has 1 aliphatic carbocycles. The second-order valence-electron chi connectivity index (χ2n) is 7.70. The molecule has 1 unspecified atom stereocenters. The summed E-state index contributed by atoms with van der Waals surface area (Å²) in [5.74, 6) is -0.195. The number of ketones is 1. The van der Waals surface area contributed by atoms with Gasteiger partial charge in [0.15, 0.2) is 5.78 Å². The Morgan fingerprint density at radius 3 is 2.11 bits per heavy atom. The van der Waals surface area contributed by atoms with E-state index < -0.39 is 16.1 Å². The van der Waals surface area contributed by atoms with E-state index in [1.165, 1.54) is 25.7 Å². The molecule has 0 spiro atoms. The van der Waals surface area contributed by atoms with Gasteiger partial charge >= 0.3 is 0 Å². The van der Waals surface area contributed by atoms with Crippen molar-refractivity contribution in [3.63, 3.8) is 0 Å². The molecule has 6 nitrogen and oxygen atoms in total. The Hall–Kier alpha value is -1.44. The van der Waals surface area contributed by atoms with Crippen LogP contribution in [0.15, 0.2) is 29.2 Å². The van der Waals surface area contributed by atoms with Crippen molar-refractivity contribution in [1.29, 1.82) is 0 Å². The number of rotatable bonds is 4. The Morgan fingerprint density at radius 2 is 1.52 bits per heavy atom. The molecule has 150 valence electrons. The molecule has 1 aromatic carbocycles. The molecule has 1 saturated carbocycles. The van der Waals surface area contributed by atoms with Gasteiger partial charge in [0.05, 0.1) is 11.4 Å². The number of benzene rings is 1. The number of nitrogens with zero attached hydrogens (tertiary/aromatic N) is 1. The Balaban J connectivity index is 1.65. The van der Waals surface area contributed by atoms with Crippen LogP contribution in [0.3, 0.4) is 0 Å². The number of sulfonamides is 1. The van der Waals surface area contributed by atoms with Crippen molar-refractivity contribution < 1.29 is 18.3 Å². The largest absolute Gasteiger partial charge is 0.385 e. The molecule has 0 radical (unpaired) electrons. The summed E-state index contributed by atoms with van der Waals surface area (Å²) in [6.45, 7) is 0.743. The molecule has 7 heteroatoms. The van der Waals surface area contributed by atoms with Crippen molar-refractivity contribution in [3.05, 3.63) is 24.3 Å². The van der Waals surface area contributed by atoms with Gasteiger partial charge in [-0.1, -0.05) is 38.5 Å². The average molecular weight is 395 g/mol. The van der Waals surface area contributed by atoms with Crippen molar-refractivity contribution in [2.75, 3.05) is 18.0 Å². The molecule has 1 heterocycles. The van der Waals surface area contributed by atoms with Crippen LogP contribution < -0.4 is 9.62 Å². The summed E-state index contributed by atoms with van der Waals surface area (Å²) in [5.41, 5.74) is 0.802. The van der Waals surface area contributed by atoms with Crippen LogP contribution in [0.4, 0.5) is 5.69 Å². The molecule has 27 heavy (non-hydrogen) atoms. The van der Waals surface area contributed by atoms with Gasteiger partial charge in [0.25, 0.3) is 0 Å². The van der Waals surface area contributed by atoms with Gasteiger partial charge in [-0.3, -0.25) is 4.79 Å². The van der Waals surface area contributed by atoms with Crippen LogP contribution in [0, 0.1) is 0 Å². The maximum atomic E-state index is 12.8. The summed E-state index contributed by atoms with van der Waals surface area (Å²) in [4.78, 5) is 13.8.